The highest BCUT2D eigenvalue weighted by Crippen LogP contribution is 2.28. The molecular formula is C14H22N2O4S. The summed E-state index contributed by atoms with van der Waals surface area (Å²) in [6.45, 7) is 1.43. The molecule has 1 saturated heterocycles. The van der Waals surface area contributed by atoms with Crippen molar-refractivity contribution in [2.24, 2.45) is 0 Å². The highest BCUT2D eigenvalue weighted by Gasteiger charge is 2.21. The van der Waals surface area contributed by atoms with Gasteiger partial charge in [-0.15, -0.1) is 0 Å². The van der Waals surface area contributed by atoms with Gasteiger partial charge in [-0.25, -0.2) is 13.1 Å². The van der Waals surface area contributed by atoms with Crippen molar-refractivity contribution < 1.29 is 17.9 Å². The van der Waals surface area contributed by atoms with Crippen LogP contribution in [0.2, 0.25) is 0 Å². The topological polar surface area (TPSA) is 76.7 Å². The first kappa shape index (κ1) is 16.1. The summed E-state index contributed by atoms with van der Waals surface area (Å²) in [5, 5.41) is 3.34. The van der Waals surface area contributed by atoms with Crippen LogP contribution in [0.1, 0.15) is 19.3 Å². The third-order valence-electron chi connectivity index (χ3n) is 3.61. The van der Waals surface area contributed by atoms with Crippen LogP contribution in [0.4, 0.5) is 0 Å². The minimum atomic E-state index is -3.58. The average Bonchev–Trinajstić information content (AvgIpc) is 2.99. The van der Waals surface area contributed by atoms with Crippen LogP contribution < -0.4 is 19.5 Å². The predicted molar refractivity (Wildman–Crippen MR) is 80.4 cm³/mol. The lowest BCUT2D eigenvalue weighted by Crippen LogP contribution is -2.30. The van der Waals surface area contributed by atoms with Crippen molar-refractivity contribution in [1.82, 2.24) is 10.0 Å². The Morgan fingerprint density at radius 2 is 2.14 bits per heavy atom. The van der Waals surface area contributed by atoms with E-state index in [4.69, 9.17) is 9.47 Å². The van der Waals surface area contributed by atoms with E-state index >= 15 is 0 Å². The Kier molecular flexibility index (Phi) is 5.44. The molecule has 118 valence electrons. The zero-order chi connectivity index (χ0) is 15.3. The molecule has 0 aromatic heterocycles. The third-order valence-corrected chi connectivity index (χ3v) is 5.11. The first-order valence-electron chi connectivity index (χ1n) is 7.02. The Labute approximate surface area is 125 Å². The Morgan fingerprint density at radius 3 is 2.76 bits per heavy atom. The van der Waals surface area contributed by atoms with E-state index in [1.807, 2.05) is 0 Å². The zero-order valence-electron chi connectivity index (χ0n) is 12.4. The molecule has 2 N–H and O–H groups in total. The molecule has 1 atom stereocenters. The number of nitrogens with one attached hydrogen (secondary N) is 2. The number of hydrogen-bond donors (Lipinski definition) is 2. The number of benzene rings is 1. The molecule has 6 nitrogen and oxygen atoms in total. The van der Waals surface area contributed by atoms with Crippen molar-refractivity contribution >= 4 is 10.0 Å². The lowest BCUT2D eigenvalue weighted by molar-refractivity contribution is 0.386. The molecule has 7 heteroatoms. The van der Waals surface area contributed by atoms with Crippen LogP contribution in [0.5, 0.6) is 11.5 Å². The third kappa shape index (κ3) is 4.09. The minimum absolute atomic E-state index is 0.130. The maximum absolute atomic E-state index is 12.3. The largest absolute Gasteiger partial charge is 0.497 e. The summed E-state index contributed by atoms with van der Waals surface area (Å²) in [6.07, 6.45) is 3.05. The second kappa shape index (κ2) is 7.11. The Bertz CT molecular complexity index is 568. The number of methoxy groups -OCH3 is 2. The Hall–Kier alpha value is -1.31. The van der Waals surface area contributed by atoms with Crippen LogP contribution in [-0.4, -0.2) is 41.8 Å². The number of hydrogen-bond acceptors (Lipinski definition) is 5. The molecule has 0 unspecified atom stereocenters. The maximum atomic E-state index is 12.3. The number of rotatable bonds is 7. The summed E-state index contributed by atoms with van der Waals surface area (Å²) < 4.78 is 37.5. The Balaban J connectivity index is 2.04. The average molecular weight is 314 g/mol. The Morgan fingerprint density at radius 1 is 1.33 bits per heavy atom. The summed E-state index contributed by atoms with van der Waals surface area (Å²) in [5.74, 6) is 0.835. The molecule has 0 aliphatic carbocycles. The lowest BCUT2D eigenvalue weighted by Gasteiger charge is -2.13. The minimum Gasteiger partial charge on any atom is -0.497 e. The molecule has 1 fully saturated rings. The second-order valence-electron chi connectivity index (χ2n) is 5.00. The van der Waals surface area contributed by atoms with Crippen molar-refractivity contribution in [3.05, 3.63) is 18.2 Å². The van der Waals surface area contributed by atoms with Crippen molar-refractivity contribution in [2.45, 2.75) is 30.2 Å². The zero-order valence-corrected chi connectivity index (χ0v) is 13.2. The van der Waals surface area contributed by atoms with E-state index in [0.29, 0.717) is 18.3 Å². The van der Waals surface area contributed by atoms with Crippen molar-refractivity contribution in [1.29, 1.82) is 0 Å². The van der Waals surface area contributed by atoms with Gasteiger partial charge in [0.25, 0.3) is 0 Å². The monoisotopic (exact) mass is 314 g/mol. The van der Waals surface area contributed by atoms with Crippen molar-refractivity contribution in [3.8, 4) is 11.5 Å². The molecule has 1 aliphatic rings. The van der Waals surface area contributed by atoms with Crippen LogP contribution >= 0.6 is 0 Å². The molecular weight excluding hydrogens is 292 g/mol. The van der Waals surface area contributed by atoms with Gasteiger partial charge in [0.1, 0.15) is 16.4 Å². The molecule has 0 amide bonds. The fourth-order valence-electron chi connectivity index (χ4n) is 2.45. The quantitative estimate of drug-likeness (QED) is 0.789. The standard InChI is InChI=1S/C14H22N2O4S/c1-19-12-5-6-14(13(10-12)20-2)21(17,18)16-9-7-11-4-3-8-15-11/h5-6,10-11,15-16H,3-4,7-9H2,1-2H3/t11-/m1/s1. The van der Waals surface area contributed by atoms with E-state index in [-0.39, 0.29) is 10.6 Å². The van der Waals surface area contributed by atoms with E-state index in [1.54, 1.807) is 12.1 Å². The first-order chi connectivity index (χ1) is 10.1. The van der Waals surface area contributed by atoms with Crippen LogP contribution in [0.3, 0.4) is 0 Å². The van der Waals surface area contributed by atoms with Gasteiger partial charge in [-0.05, 0) is 37.9 Å². The molecule has 1 aromatic carbocycles. The smallest absolute Gasteiger partial charge is 0.244 e. The van der Waals surface area contributed by atoms with Gasteiger partial charge in [-0.2, -0.15) is 0 Å². The summed E-state index contributed by atoms with van der Waals surface area (Å²) in [5.41, 5.74) is 0. The van der Waals surface area contributed by atoms with Crippen molar-refractivity contribution in [3.63, 3.8) is 0 Å². The number of ether oxygens (including phenoxy) is 2. The van der Waals surface area contributed by atoms with E-state index < -0.39 is 10.0 Å². The maximum Gasteiger partial charge on any atom is 0.244 e. The first-order valence-corrected chi connectivity index (χ1v) is 8.50. The second-order valence-corrected chi connectivity index (χ2v) is 6.73. The van der Waals surface area contributed by atoms with E-state index in [0.717, 1.165) is 25.8 Å². The molecule has 0 saturated carbocycles. The van der Waals surface area contributed by atoms with Gasteiger partial charge in [0.2, 0.25) is 10.0 Å². The van der Waals surface area contributed by atoms with Gasteiger partial charge in [0, 0.05) is 18.7 Å². The van der Waals surface area contributed by atoms with E-state index in [2.05, 4.69) is 10.0 Å². The molecule has 1 aromatic rings. The van der Waals surface area contributed by atoms with Crippen LogP contribution in [0.15, 0.2) is 23.1 Å². The normalized spacial score (nSPS) is 18.7. The fourth-order valence-corrected chi connectivity index (χ4v) is 3.64. The van der Waals surface area contributed by atoms with E-state index in [1.165, 1.54) is 20.3 Å². The molecule has 0 bridgehead atoms. The summed E-state index contributed by atoms with van der Waals surface area (Å²) in [7, 11) is -0.614. The van der Waals surface area contributed by atoms with Gasteiger partial charge in [0.15, 0.2) is 0 Å². The number of sulfonamides is 1. The highest BCUT2D eigenvalue weighted by molar-refractivity contribution is 7.89. The summed E-state index contributed by atoms with van der Waals surface area (Å²) in [4.78, 5) is 0.130. The van der Waals surface area contributed by atoms with Gasteiger partial charge in [-0.1, -0.05) is 0 Å². The van der Waals surface area contributed by atoms with Crippen molar-refractivity contribution in [2.75, 3.05) is 27.3 Å². The SMILES string of the molecule is COc1ccc(S(=O)(=O)NCC[C@H]2CCCN2)c(OC)c1. The highest BCUT2D eigenvalue weighted by atomic mass is 32.2. The fraction of sp³-hybridized carbons (Fsp3) is 0.571. The van der Waals surface area contributed by atoms with Gasteiger partial charge >= 0.3 is 0 Å². The molecule has 1 aliphatic heterocycles. The molecule has 0 radical (unpaired) electrons. The summed E-state index contributed by atoms with van der Waals surface area (Å²) in [6, 6.07) is 5.07. The van der Waals surface area contributed by atoms with Gasteiger partial charge in [-0.3, -0.25) is 0 Å². The van der Waals surface area contributed by atoms with Crippen LogP contribution in [0.25, 0.3) is 0 Å². The van der Waals surface area contributed by atoms with Crippen LogP contribution in [-0.2, 0) is 10.0 Å². The predicted octanol–water partition coefficient (Wildman–Crippen LogP) is 1.12. The summed E-state index contributed by atoms with van der Waals surface area (Å²) >= 11 is 0. The molecule has 21 heavy (non-hydrogen) atoms. The molecule has 0 spiro atoms. The van der Waals surface area contributed by atoms with Gasteiger partial charge < -0.3 is 14.8 Å². The van der Waals surface area contributed by atoms with Gasteiger partial charge in [0.05, 0.1) is 14.2 Å². The van der Waals surface area contributed by atoms with E-state index in [9.17, 15) is 8.42 Å². The van der Waals surface area contributed by atoms with Crippen LogP contribution in [0, 0.1) is 0 Å². The molecule has 2 rings (SSSR count). The molecule has 1 heterocycles. The lowest BCUT2D eigenvalue weighted by atomic mass is 10.2.